The van der Waals surface area contributed by atoms with Gasteiger partial charge in [0.15, 0.2) is 0 Å². The molecule has 15 heavy (non-hydrogen) atoms. The van der Waals surface area contributed by atoms with Crippen molar-refractivity contribution in [1.82, 2.24) is 14.8 Å². The van der Waals surface area contributed by atoms with Gasteiger partial charge in [-0.2, -0.15) is 0 Å². The van der Waals surface area contributed by atoms with Gasteiger partial charge in [0, 0.05) is 19.6 Å². The van der Waals surface area contributed by atoms with Crippen LogP contribution in [0.25, 0.3) is 0 Å². The Morgan fingerprint density at radius 1 is 1.47 bits per heavy atom. The van der Waals surface area contributed by atoms with Gasteiger partial charge in [-0.3, -0.25) is 0 Å². The fourth-order valence-electron chi connectivity index (χ4n) is 1.42. The van der Waals surface area contributed by atoms with Gasteiger partial charge in [-0.25, -0.2) is 0 Å². The van der Waals surface area contributed by atoms with Gasteiger partial charge in [0.05, 0.1) is 11.9 Å². The van der Waals surface area contributed by atoms with E-state index >= 15 is 0 Å². The Morgan fingerprint density at radius 3 is 2.73 bits per heavy atom. The van der Waals surface area contributed by atoms with E-state index in [-0.39, 0.29) is 0 Å². The van der Waals surface area contributed by atoms with Gasteiger partial charge in [-0.05, 0) is 6.42 Å². The second kappa shape index (κ2) is 6.23. The normalized spacial score (nSPS) is 13.1. The topological polar surface area (TPSA) is 39.9 Å². The minimum absolute atomic E-state index is 0.446. The van der Waals surface area contributed by atoms with Crippen molar-refractivity contribution in [2.75, 3.05) is 13.7 Å². The van der Waals surface area contributed by atoms with Crippen LogP contribution in [0.15, 0.2) is 0 Å². The summed E-state index contributed by atoms with van der Waals surface area (Å²) < 4.78 is 7.24. The number of rotatable bonds is 6. The minimum atomic E-state index is 0.446. The van der Waals surface area contributed by atoms with Crippen LogP contribution in [0, 0.1) is 0 Å². The van der Waals surface area contributed by atoms with Crippen molar-refractivity contribution in [1.29, 1.82) is 0 Å². The number of aromatic nitrogens is 3. The third-order valence-electron chi connectivity index (χ3n) is 2.55. The molecule has 1 heterocycles. The molecule has 0 radical (unpaired) electrons. The Morgan fingerprint density at radius 2 is 2.20 bits per heavy atom. The summed E-state index contributed by atoms with van der Waals surface area (Å²) >= 11 is 3.42. The van der Waals surface area contributed by atoms with E-state index in [4.69, 9.17) is 4.74 Å². The number of ether oxygens (including phenoxy) is 1. The predicted octanol–water partition coefficient (Wildman–Crippen LogP) is 2.33. The molecule has 0 spiro atoms. The average molecular weight is 276 g/mol. The van der Waals surface area contributed by atoms with Crippen LogP contribution in [0.1, 0.15) is 37.8 Å². The van der Waals surface area contributed by atoms with E-state index in [0.29, 0.717) is 12.5 Å². The van der Waals surface area contributed by atoms with Crippen molar-refractivity contribution in [2.24, 2.45) is 0 Å². The number of hydrogen-bond donors (Lipinski definition) is 0. The van der Waals surface area contributed by atoms with E-state index in [2.05, 4.69) is 44.5 Å². The highest BCUT2D eigenvalue weighted by molar-refractivity contribution is 9.08. The van der Waals surface area contributed by atoms with Crippen molar-refractivity contribution in [3.63, 3.8) is 0 Å². The Kier molecular flexibility index (Phi) is 5.25. The molecule has 1 aromatic rings. The van der Waals surface area contributed by atoms with Gasteiger partial charge in [-0.15, -0.1) is 10.2 Å². The van der Waals surface area contributed by atoms with E-state index in [1.807, 2.05) is 0 Å². The zero-order chi connectivity index (χ0) is 11.3. The van der Waals surface area contributed by atoms with Gasteiger partial charge in [0.1, 0.15) is 11.6 Å². The van der Waals surface area contributed by atoms with Gasteiger partial charge in [0.25, 0.3) is 0 Å². The molecule has 0 N–H and O–H groups in total. The maximum absolute atomic E-state index is 5.09. The van der Waals surface area contributed by atoms with Gasteiger partial charge in [-0.1, -0.05) is 29.8 Å². The Balaban J connectivity index is 2.89. The predicted molar refractivity (Wildman–Crippen MR) is 63.2 cm³/mol. The Labute approximate surface area is 99.2 Å². The molecule has 1 rings (SSSR count). The number of nitrogens with zero attached hydrogens (tertiary/aromatic N) is 3. The first-order valence-electron chi connectivity index (χ1n) is 5.21. The lowest BCUT2D eigenvalue weighted by atomic mass is 10.1. The first-order chi connectivity index (χ1) is 7.24. The van der Waals surface area contributed by atoms with Crippen molar-refractivity contribution < 1.29 is 4.74 Å². The van der Waals surface area contributed by atoms with Crippen LogP contribution in [0.4, 0.5) is 0 Å². The molecule has 0 amide bonds. The molecule has 5 heteroatoms. The summed E-state index contributed by atoms with van der Waals surface area (Å²) in [6.45, 7) is 5.85. The quantitative estimate of drug-likeness (QED) is 0.749. The highest BCUT2D eigenvalue weighted by Gasteiger charge is 2.15. The van der Waals surface area contributed by atoms with E-state index in [1.165, 1.54) is 0 Å². The van der Waals surface area contributed by atoms with E-state index in [0.717, 1.165) is 29.9 Å². The number of halogens is 1. The number of methoxy groups -OCH3 is 1. The summed E-state index contributed by atoms with van der Waals surface area (Å²) in [6.07, 6.45) is 1.08. The molecule has 86 valence electrons. The summed E-state index contributed by atoms with van der Waals surface area (Å²) in [4.78, 5) is 0. The third kappa shape index (κ3) is 3.01. The highest BCUT2D eigenvalue weighted by Crippen LogP contribution is 2.18. The molecule has 0 bridgehead atoms. The zero-order valence-electron chi connectivity index (χ0n) is 9.53. The summed E-state index contributed by atoms with van der Waals surface area (Å²) in [5, 5.41) is 9.14. The molecule has 0 aliphatic carbocycles. The van der Waals surface area contributed by atoms with E-state index in [1.54, 1.807) is 7.11 Å². The molecule has 4 nitrogen and oxygen atoms in total. The van der Waals surface area contributed by atoms with Crippen molar-refractivity contribution in [3.8, 4) is 0 Å². The first kappa shape index (κ1) is 12.6. The summed E-state index contributed by atoms with van der Waals surface area (Å²) in [5.41, 5.74) is 0. The van der Waals surface area contributed by atoms with Gasteiger partial charge in [0.2, 0.25) is 0 Å². The monoisotopic (exact) mass is 275 g/mol. The molecule has 0 fully saturated rings. The van der Waals surface area contributed by atoms with E-state index < -0.39 is 0 Å². The number of alkyl halides is 1. The van der Waals surface area contributed by atoms with Gasteiger partial charge >= 0.3 is 0 Å². The smallest absolute Gasteiger partial charge is 0.143 e. The molecule has 0 saturated heterocycles. The van der Waals surface area contributed by atoms with Crippen LogP contribution >= 0.6 is 15.9 Å². The molecule has 0 saturated carbocycles. The lowest BCUT2D eigenvalue weighted by Gasteiger charge is -2.12. The summed E-state index contributed by atoms with van der Waals surface area (Å²) in [5.74, 6) is 2.48. The second-order valence-corrected chi connectivity index (χ2v) is 4.12. The molecule has 1 aromatic heterocycles. The fourth-order valence-corrected chi connectivity index (χ4v) is 1.84. The van der Waals surface area contributed by atoms with Crippen LogP contribution in [0.3, 0.4) is 0 Å². The van der Waals surface area contributed by atoms with Crippen LogP contribution in [0.5, 0.6) is 0 Å². The van der Waals surface area contributed by atoms with Crippen LogP contribution in [-0.4, -0.2) is 28.5 Å². The highest BCUT2D eigenvalue weighted by atomic mass is 79.9. The van der Waals surface area contributed by atoms with Crippen LogP contribution in [0.2, 0.25) is 0 Å². The lowest BCUT2D eigenvalue weighted by Crippen LogP contribution is -2.12. The van der Waals surface area contributed by atoms with E-state index in [9.17, 15) is 0 Å². The number of hydrogen-bond acceptors (Lipinski definition) is 3. The van der Waals surface area contributed by atoms with Crippen molar-refractivity contribution in [3.05, 3.63) is 11.6 Å². The first-order valence-corrected chi connectivity index (χ1v) is 6.33. The lowest BCUT2D eigenvalue weighted by molar-refractivity contribution is 0.185. The zero-order valence-corrected chi connectivity index (χ0v) is 11.1. The van der Waals surface area contributed by atoms with Crippen molar-refractivity contribution >= 4 is 15.9 Å². The average Bonchev–Trinajstić information content (AvgIpc) is 2.67. The SMILES string of the molecule is CCC(C)c1nnc(CBr)n1CCOC. The molecule has 1 atom stereocenters. The summed E-state index contributed by atoms with van der Waals surface area (Å²) in [7, 11) is 1.71. The summed E-state index contributed by atoms with van der Waals surface area (Å²) in [6, 6.07) is 0. The molecular formula is C10H18BrN3O. The molecule has 0 aliphatic rings. The maximum Gasteiger partial charge on any atom is 0.143 e. The minimum Gasteiger partial charge on any atom is -0.383 e. The fraction of sp³-hybridized carbons (Fsp3) is 0.800. The Hall–Kier alpha value is -0.420. The largest absolute Gasteiger partial charge is 0.383 e. The standard InChI is InChI=1S/C10H18BrN3O/c1-4-8(2)10-13-12-9(7-11)14(10)5-6-15-3/h8H,4-7H2,1-3H3. The maximum atomic E-state index is 5.09. The van der Waals surface area contributed by atoms with Crippen LogP contribution < -0.4 is 0 Å². The molecule has 0 aliphatic heterocycles. The molecule has 0 aromatic carbocycles. The van der Waals surface area contributed by atoms with Crippen molar-refractivity contribution in [2.45, 2.75) is 38.1 Å². The Bertz CT molecular complexity index is 301. The second-order valence-electron chi connectivity index (χ2n) is 3.56. The molecular weight excluding hydrogens is 258 g/mol. The third-order valence-corrected chi connectivity index (χ3v) is 3.05. The van der Waals surface area contributed by atoms with Crippen LogP contribution in [-0.2, 0) is 16.6 Å². The molecule has 1 unspecified atom stereocenters. The van der Waals surface area contributed by atoms with Gasteiger partial charge < -0.3 is 9.30 Å².